The van der Waals surface area contributed by atoms with Gasteiger partial charge < -0.3 is 0 Å². The van der Waals surface area contributed by atoms with Gasteiger partial charge in [-0.25, -0.2) is 9.97 Å². The second kappa shape index (κ2) is 4.41. The second-order valence-corrected chi connectivity index (χ2v) is 6.25. The molecule has 0 bridgehead atoms. The summed E-state index contributed by atoms with van der Waals surface area (Å²) in [6, 6.07) is 0. The second-order valence-electron chi connectivity index (χ2n) is 4.05. The molecule has 7 heteroatoms. The lowest BCUT2D eigenvalue weighted by Crippen LogP contribution is -2.14. The van der Waals surface area contributed by atoms with Crippen molar-refractivity contribution in [2.24, 2.45) is 0 Å². The number of hydrogen-bond acceptors (Lipinski definition) is 3. The van der Waals surface area contributed by atoms with Crippen molar-refractivity contribution in [3.05, 3.63) is 17.2 Å². The molecule has 0 atom stereocenters. The molecule has 0 aliphatic rings. The van der Waals surface area contributed by atoms with E-state index in [-0.39, 0.29) is 10.0 Å². The lowest BCUT2D eigenvalue weighted by Gasteiger charge is -2.20. The molecule has 0 amide bonds. The SMILES string of the molecule is CC(C)(C)Sc1c(Cl)ncnc1C(F)(F)F. The van der Waals surface area contributed by atoms with Gasteiger partial charge in [-0.15, -0.1) is 11.8 Å². The number of hydrogen-bond donors (Lipinski definition) is 0. The van der Waals surface area contributed by atoms with Crippen molar-refractivity contribution in [3.63, 3.8) is 0 Å². The summed E-state index contributed by atoms with van der Waals surface area (Å²) >= 11 is 6.67. The van der Waals surface area contributed by atoms with Crippen LogP contribution in [0, 0.1) is 0 Å². The third-order valence-electron chi connectivity index (χ3n) is 1.44. The number of rotatable bonds is 1. The maximum Gasteiger partial charge on any atom is 0.434 e. The van der Waals surface area contributed by atoms with E-state index in [1.165, 1.54) is 0 Å². The third-order valence-corrected chi connectivity index (χ3v) is 3.04. The Morgan fingerprint density at radius 3 is 2.19 bits per heavy atom. The van der Waals surface area contributed by atoms with Crippen molar-refractivity contribution >= 4 is 23.4 Å². The fourth-order valence-electron chi connectivity index (χ4n) is 0.951. The lowest BCUT2D eigenvalue weighted by molar-refractivity contribution is -0.143. The number of halogens is 4. The van der Waals surface area contributed by atoms with Gasteiger partial charge in [0.2, 0.25) is 0 Å². The minimum absolute atomic E-state index is 0.121. The van der Waals surface area contributed by atoms with Crippen LogP contribution in [0.5, 0.6) is 0 Å². The van der Waals surface area contributed by atoms with Crippen LogP contribution < -0.4 is 0 Å². The Morgan fingerprint density at radius 1 is 1.19 bits per heavy atom. The number of thioether (sulfide) groups is 1. The van der Waals surface area contributed by atoms with E-state index in [2.05, 4.69) is 9.97 Å². The van der Waals surface area contributed by atoms with Gasteiger partial charge in [0.05, 0.1) is 4.90 Å². The average molecular weight is 271 g/mol. The maximum absolute atomic E-state index is 12.6. The zero-order chi connectivity index (χ0) is 12.6. The Balaban J connectivity index is 3.25. The molecule has 0 aliphatic heterocycles. The molecule has 0 fully saturated rings. The summed E-state index contributed by atoms with van der Waals surface area (Å²) in [5.41, 5.74) is -0.979. The van der Waals surface area contributed by atoms with Crippen molar-refractivity contribution in [3.8, 4) is 0 Å². The first kappa shape index (κ1) is 13.6. The predicted molar refractivity (Wildman–Crippen MR) is 57.7 cm³/mol. The first-order valence-corrected chi connectivity index (χ1v) is 5.57. The third kappa shape index (κ3) is 3.52. The molecule has 90 valence electrons. The van der Waals surface area contributed by atoms with Crippen LogP contribution in [0.4, 0.5) is 13.2 Å². The summed E-state index contributed by atoms with van der Waals surface area (Å²) in [4.78, 5) is 6.70. The highest BCUT2D eigenvalue weighted by Crippen LogP contribution is 2.42. The quantitative estimate of drug-likeness (QED) is 0.569. The molecule has 1 aromatic rings. The molecular weight excluding hydrogens is 261 g/mol. The van der Waals surface area contributed by atoms with Gasteiger partial charge in [0.15, 0.2) is 5.69 Å². The first-order chi connectivity index (χ1) is 7.11. The van der Waals surface area contributed by atoms with Crippen molar-refractivity contribution in [2.75, 3.05) is 0 Å². The van der Waals surface area contributed by atoms with Crippen LogP contribution in [0.1, 0.15) is 26.5 Å². The van der Waals surface area contributed by atoms with Crippen LogP contribution in [0.3, 0.4) is 0 Å². The summed E-state index contributed by atoms with van der Waals surface area (Å²) in [5.74, 6) is 0. The van der Waals surface area contributed by atoms with E-state index in [1.807, 2.05) is 0 Å². The molecule has 0 N–H and O–H groups in total. The normalized spacial score (nSPS) is 12.9. The standard InChI is InChI=1S/C9H10ClF3N2S/c1-8(2,3)16-5-6(9(11,12)13)14-4-15-7(5)10/h4H,1-3H3. The number of alkyl halides is 3. The summed E-state index contributed by atoms with van der Waals surface area (Å²) in [6.45, 7) is 5.38. The van der Waals surface area contributed by atoms with Crippen molar-refractivity contribution in [1.29, 1.82) is 0 Å². The van der Waals surface area contributed by atoms with Gasteiger partial charge in [0.25, 0.3) is 0 Å². The highest BCUT2D eigenvalue weighted by molar-refractivity contribution is 8.00. The summed E-state index contributed by atoms with van der Waals surface area (Å²) in [5, 5.41) is -0.165. The maximum atomic E-state index is 12.6. The zero-order valence-electron chi connectivity index (χ0n) is 8.89. The topological polar surface area (TPSA) is 25.8 Å². The predicted octanol–water partition coefficient (Wildman–Crippen LogP) is 4.04. The van der Waals surface area contributed by atoms with Gasteiger partial charge in [-0.05, 0) is 0 Å². The van der Waals surface area contributed by atoms with E-state index in [4.69, 9.17) is 11.6 Å². The Labute approximate surface area is 101 Å². The van der Waals surface area contributed by atoms with E-state index >= 15 is 0 Å². The van der Waals surface area contributed by atoms with Gasteiger partial charge in [-0.3, -0.25) is 0 Å². The fraction of sp³-hybridized carbons (Fsp3) is 0.556. The van der Waals surface area contributed by atoms with E-state index in [0.717, 1.165) is 18.1 Å². The largest absolute Gasteiger partial charge is 0.434 e. The molecule has 0 spiro atoms. The van der Waals surface area contributed by atoms with E-state index in [1.54, 1.807) is 20.8 Å². The van der Waals surface area contributed by atoms with Crippen molar-refractivity contribution in [2.45, 2.75) is 36.6 Å². The van der Waals surface area contributed by atoms with Crippen LogP contribution >= 0.6 is 23.4 Å². The molecule has 1 heterocycles. The molecule has 2 nitrogen and oxygen atoms in total. The Bertz CT molecular complexity index is 387. The highest BCUT2D eigenvalue weighted by Gasteiger charge is 2.38. The van der Waals surface area contributed by atoms with Gasteiger partial charge >= 0.3 is 6.18 Å². The van der Waals surface area contributed by atoms with Crippen LogP contribution in [0.25, 0.3) is 0 Å². The van der Waals surface area contributed by atoms with E-state index in [0.29, 0.717) is 0 Å². The van der Waals surface area contributed by atoms with Crippen molar-refractivity contribution < 1.29 is 13.2 Å². The molecule has 0 radical (unpaired) electrons. The van der Waals surface area contributed by atoms with Gasteiger partial charge in [0, 0.05) is 4.75 Å². The fourth-order valence-corrected chi connectivity index (χ4v) is 2.21. The monoisotopic (exact) mass is 270 g/mol. The van der Waals surface area contributed by atoms with Crippen LogP contribution in [0.15, 0.2) is 11.2 Å². The smallest absolute Gasteiger partial charge is 0.231 e. The van der Waals surface area contributed by atoms with Gasteiger partial charge in [0.1, 0.15) is 11.5 Å². The molecule has 0 unspecified atom stereocenters. The zero-order valence-corrected chi connectivity index (χ0v) is 10.5. The number of aromatic nitrogens is 2. The van der Waals surface area contributed by atoms with Crippen LogP contribution in [-0.2, 0) is 6.18 Å². The number of nitrogens with zero attached hydrogens (tertiary/aromatic N) is 2. The van der Waals surface area contributed by atoms with Crippen molar-refractivity contribution in [1.82, 2.24) is 9.97 Å². The summed E-state index contributed by atoms with van der Waals surface area (Å²) in [6.07, 6.45) is -3.70. The van der Waals surface area contributed by atoms with E-state index < -0.39 is 16.6 Å². The summed E-state index contributed by atoms with van der Waals surface area (Å²) < 4.78 is 37.5. The van der Waals surface area contributed by atoms with Gasteiger partial charge in [-0.2, -0.15) is 13.2 Å². The molecule has 0 aromatic carbocycles. The molecule has 0 saturated carbocycles. The average Bonchev–Trinajstić information content (AvgIpc) is 2.04. The summed E-state index contributed by atoms with van der Waals surface area (Å²) in [7, 11) is 0. The molecule has 0 aliphatic carbocycles. The van der Waals surface area contributed by atoms with Crippen LogP contribution in [0.2, 0.25) is 5.15 Å². The van der Waals surface area contributed by atoms with Gasteiger partial charge in [-0.1, -0.05) is 32.4 Å². The van der Waals surface area contributed by atoms with E-state index in [9.17, 15) is 13.2 Å². The molecule has 1 rings (SSSR count). The molecule has 0 saturated heterocycles. The minimum atomic E-state index is -4.51. The highest BCUT2D eigenvalue weighted by atomic mass is 35.5. The Hall–Kier alpha value is -0.490. The Kier molecular flexibility index (Phi) is 3.74. The van der Waals surface area contributed by atoms with Crippen LogP contribution in [-0.4, -0.2) is 14.7 Å². The first-order valence-electron chi connectivity index (χ1n) is 4.38. The molecule has 16 heavy (non-hydrogen) atoms. The Morgan fingerprint density at radius 2 is 1.75 bits per heavy atom. The molecule has 1 aromatic heterocycles. The molecular formula is C9H10ClF3N2S. The lowest BCUT2D eigenvalue weighted by atomic mass is 10.3. The minimum Gasteiger partial charge on any atom is -0.231 e.